The van der Waals surface area contributed by atoms with Crippen LogP contribution in [0.3, 0.4) is 0 Å². The molecule has 5 aliphatic carbocycles. The average molecular weight is 473 g/mol. The smallest absolute Gasteiger partial charge is 0.0752 e. The van der Waals surface area contributed by atoms with Crippen LogP contribution < -0.4 is 0 Å². The summed E-state index contributed by atoms with van der Waals surface area (Å²) < 4.78 is 0. The van der Waals surface area contributed by atoms with Gasteiger partial charge in [-0.25, -0.2) is 0 Å². The fourth-order valence-corrected chi connectivity index (χ4v) is 11.5. The Labute approximate surface area is 208 Å². The lowest BCUT2D eigenvalue weighted by atomic mass is 9.41. The molecular formula is C31H52O3. The van der Waals surface area contributed by atoms with Gasteiger partial charge in [0.1, 0.15) is 0 Å². The minimum absolute atomic E-state index is 0.0234. The normalized spacial score (nSPS) is 52.7. The molecule has 2 unspecified atom stereocenters. The zero-order valence-corrected chi connectivity index (χ0v) is 23.0. The summed E-state index contributed by atoms with van der Waals surface area (Å²) in [7, 11) is 0. The molecule has 5 rings (SSSR count). The van der Waals surface area contributed by atoms with Gasteiger partial charge in [-0.2, -0.15) is 0 Å². The number of aliphatic hydroxyl groups excluding tert-OH is 3. The van der Waals surface area contributed by atoms with Crippen LogP contribution in [0.5, 0.6) is 0 Å². The van der Waals surface area contributed by atoms with E-state index < -0.39 is 6.10 Å². The van der Waals surface area contributed by atoms with Crippen molar-refractivity contribution in [2.75, 3.05) is 0 Å². The lowest BCUT2D eigenvalue weighted by Crippen LogP contribution is -2.57. The van der Waals surface area contributed by atoms with E-state index in [4.69, 9.17) is 0 Å². The molecule has 0 aromatic heterocycles. The van der Waals surface area contributed by atoms with Gasteiger partial charge < -0.3 is 15.3 Å². The van der Waals surface area contributed by atoms with E-state index in [9.17, 15) is 15.3 Å². The zero-order chi connectivity index (χ0) is 25.1. The molecule has 2 spiro atoms. The molecule has 3 N–H and O–H groups in total. The molecule has 194 valence electrons. The largest absolute Gasteiger partial charge is 0.393 e. The van der Waals surface area contributed by atoms with Crippen molar-refractivity contribution in [2.24, 2.45) is 56.7 Å². The van der Waals surface area contributed by atoms with Crippen LogP contribution in [0.2, 0.25) is 0 Å². The molecule has 11 atom stereocenters. The third-order valence-electron chi connectivity index (χ3n) is 13.5. The molecule has 0 amide bonds. The molecule has 5 aliphatic rings. The van der Waals surface area contributed by atoms with Crippen LogP contribution in [0.4, 0.5) is 0 Å². The van der Waals surface area contributed by atoms with E-state index in [1.165, 1.54) is 38.5 Å². The molecule has 0 bridgehead atoms. The fourth-order valence-electron chi connectivity index (χ4n) is 11.5. The first kappa shape index (κ1) is 25.3. The molecule has 3 heteroatoms. The molecule has 0 radical (unpaired) electrons. The highest BCUT2D eigenvalue weighted by atomic mass is 16.3. The molecule has 5 saturated carbocycles. The summed E-state index contributed by atoms with van der Waals surface area (Å²) >= 11 is 0. The first-order chi connectivity index (χ1) is 15.7. The third kappa shape index (κ3) is 2.93. The van der Waals surface area contributed by atoms with Gasteiger partial charge in [-0.1, -0.05) is 55.0 Å². The van der Waals surface area contributed by atoms with Crippen molar-refractivity contribution in [1.82, 2.24) is 0 Å². The van der Waals surface area contributed by atoms with Gasteiger partial charge in [0.25, 0.3) is 0 Å². The Morgan fingerprint density at radius 3 is 2.15 bits per heavy atom. The van der Waals surface area contributed by atoms with Crippen LogP contribution >= 0.6 is 0 Å². The maximum atomic E-state index is 11.6. The second-order valence-corrected chi connectivity index (χ2v) is 15.1. The molecule has 0 aromatic carbocycles. The monoisotopic (exact) mass is 472 g/mol. The van der Waals surface area contributed by atoms with Gasteiger partial charge in [0.15, 0.2) is 0 Å². The first-order valence-electron chi connectivity index (χ1n) is 14.4. The van der Waals surface area contributed by atoms with Gasteiger partial charge in [0.05, 0.1) is 18.3 Å². The van der Waals surface area contributed by atoms with Crippen LogP contribution in [0.25, 0.3) is 0 Å². The van der Waals surface area contributed by atoms with Crippen molar-refractivity contribution >= 4 is 0 Å². The standard InChI is InChI=1S/C31H52O3/c1-18(2)20(4)21(32)15-19(3)26-22(33)16-29(8)24-10-9-23-27(5,6)25(34)11-12-30(23)17-31(24,30)14-13-28(26,29)7/h18-19,21-26,32-34H,4,9-17H2,1-3,5-8H3/t19-,21-,22-,23?,24?,25-,26-,28+,29-,30+,31-/m0/s1. The van der Waals surface area contributed by atoms with E-state index in [1.807, 2.05) is 0 Å². The topological polar surface area (TPSA) is 60.7 Å². The molecule has 3 nitrogen and oxygen atoms in total. The molecular weight excluding hydrogens is 420 g/mol. The van der Waals surface area contributed by atoms with Gasteiger partial charge in [-0.05, 0) is 120 Å². The SMILES string of the molecule is C=C(C(C)C)[C@@H](O)C[C@H](C)[C@H]1[C@@H](O)C[C@@]2(C)C3CCC4C(C)(C)[C@@H](O)CC[C@@]45C[C@@]35CC[C@]12C. The fraction of sp³-hybridized carbons (Fsp3) is 0.935. The summed E-state index contributed by atoms with van der Waals surface area (Å²) in [6.07, 6.45) is 9.23. The highest BCUT2D eigenvalue weighted by Crippen LogP contribution is 2.89. The summed E-state index contributed by atoms with van der Waals surface area (Å²) in [6, 6.07) is 0. The first-order valence-corrected chi connectivity index (χ1v) is 14.4. The number of rotatable bonds is 5. The Balaban J connectivity index is 1.43. The summed E-state index contributed by atoms with van der Waals surface area (Å²) in [6.45, 7) is 20.3. The predicted octanol–water partition coefficient (Wildman–Crippen LogP) is 6.36. The molecule has 0 aromatic rings. The Hall–Kier alpha value is -0.380. The molecule has 0 heterocycles. The number of hydrogen-bond acceptors (Lipinski definition) is 3. The number of aliphatic hydroxyl groups is 3. The lowest BCUT2D eigenvalue weighted by Gasteiger charge is -2.63. The maximum absolute atomic E-state index is 11.6. The van der Waals surface area contributed by atoms with Crippen LogP contribution in [0.15, 0.2) is 12.2 Å². The van der Waals surface area contributed by atoms with Crippen LogP contribution in [0.1, 0.15) is 106 Å². The van der Waals surface area contributed by atoms with E-state index in [1.54, 1.807) is 0 Å². The summed E-state index contributed by atoms with van der Waals surface area (Å²) in [5.74, 6) is 2.12. The molecule has 5 fully saturated rings. The van der Waals surface area contributed by atoms with Crippen molar-refractivity contribution in [2.45, 2.75) is 125 Å². The van der Waals surface area contributed by atoms with Crippen LogP contribution in [-0.4, -0.2) is 33.6 Å². The van der Waals surface area contributed by atoms with Gasteiger partial charge in [-0.15, -0.1) is 0 Å². The Morgan fingerprint density at radius 1 is 0.882 bits per heavy atom. The molecule has 0 aliphatic heterocycles. The van der Waals surface area contributed by atoms with Crippen molar-refractivity contribution in [3.63, 3.8) is 0 Å². The van der Waals surface area contributed by atoms with E-state index in [0.717, 1.165) is 18.4 Å². The highest BCUT2D eigenvalue weighted by molar-refractivity contribution is 5.31. The van der Waals surface area contributed by atoms with E-state index >= 15 is 0 Å². The van der Waals surface area contributed by atoms with Gasteiger partial charge >= 0.3 is 0 Å². The van der Waals surface area contributed by atoms with Crippen molar-refractivity contribution in [3.8, 4) is 0 Å². The quantitative estimate of drug-likeness (QED) is 0.408. The summed E-state index contributed by atoms with van der Waals surface area (Å²) in [5.41, 5.74) is 2.08. The maximum Gasteiger partial charge on any atom is 0.0752 e. The Bertz CT molecular complexity index is 848. The van der Waals surface area contributed by atoms with Gasteiger partial charge in [-0.3, -0.25) is 0 Å². The minimum Gasteiger partial charge on any atom is -0.393 e. The van der Waals surface area contributed by atoms with E-state index in [2.05, 4.69) is 55.0 Å². The molecule has 0 saturated heterocycles. The highest BCUT2D eigenvalue weighted by Gasteiger charge is 2.82. The molecule has 34 heavy (non-hydrogen) atoms. The van der Waals surface area contributed by atoms with Crippen molar-refractivity contribution < 1.29 is 15.3 Å². The van der Waals surface area contributed by atoms with Crippen molar-refractivity contribution in [3.05, 3.63) is 12.2 Å². The Kier molecular flexibility index (Phi) is 5.63. The van der Waals surface area contributed by atoms with Gasteiger partial charge in [0.2, 0.25) is 0 Å². The summed E-state index contributed by atoms with van der Waals surface area (Å²) in [4.78, 5) is 0. The van der Waals surface area contributed by atoms with E-state index in [0.29, 0.717) is 29.1 Å². The second kappa shape index (κ2) is 7.57. The number of fused-ring (bicyclic) bond motifs is 2. The predicted molar refractivity (Wildman–Crippen MR) is 138 cm³/mol. The number of hydrogen-bond donors (Lipinski definition) is 3. The van der Waals surface area contributed by atoms with Crippen LogP contribution in [-0.2, 0) is 0 Å². The van der Waals surface area contributed by atoms with Crippen molar-refractivity contribution in [1.29, 1.82) is 0 Å². The Morgan fingerprint density at radius 2 is 1.50 bits per heavy atom. The second-order valence-electron chi connectivity index (χ2n) is 15.1. The third-order valence-corrected chi connectivity index (χ3v) is 13.5. The zero-order valence-electron chi connectivity index (χ0n) is 23.0. The lowest BCUT2D eigenvalue weighted by molar-refractivity contribution is -0.162. The van der Waals surface area contributed by atoms with Crippen LogP contribution in [0, 0.1) is 56.7 Å². The minimum atomic E-state index is -0.481. The summed E-state index contributed by atoms with van der Waals surface area (Å²) in [5, 5.41) is 33.3. The average Bonchev–Trinajstić information content (AvgIpc) is 3.35. The van der Waals surface area contributed by atoms with E-state index in [-0.39, 0.29) is 46.2 Å². The van der Waals surface area contributed by atoms with Gasteiger partial charge in [0, 0.05) is 0 Å².